The number of ether oxygens (including phenoxy) is 1. The van der Waals surface area contributed by atoms with Gasteiger partial charge in [0.15, 0.2) is 5.78 Å². The van der Waals surface area contributed by atoms with E-state index >= 15 is 9.59 Å². The number of nitrogen functional groups attached to an aromatic ring is 1. The van der Waals surface area contributed by atoms with E-state index in [1.54, 1.807) is 0 Å². The summed E-state index contributed by atoms with van der Waals surface area (Å²) in [5, 5.41) is 57.2. The van der Waals surface area contributed by atoms with Crippen LogP contribution < -0.4 is 16.4 Å². The van der Waals surface area contributed by atoms with Gasteiger partial charge in [-0.2, -0.15) is 0 Å². The van der Waals surface area contributed by atoms with E-state index in [9.17, 15) is 20.4 Å². The number of Topliss-reactive ketones (excluding diaryl/α,β-unsaturated/α-hetero) is 2. The van der Waals surface area contributed by atoms with Crippen molar-refractivity contribution in [1.29, 1.82) is 0 Å². The van der Waals surface area contributed by atoms with Crippen molar-refractivity contribution < 1.29 is 34.8 Å². The zero-order valence-electron chi connectivity index (χ0n) is 49.6. The molecular formula is C69H101N3O7. The first-order valence-electron chi connectivity index (χ1n) is 32.2. The zero-order chi connectivity index (χ0) is 55.8. The second-order valence-corrected chi connectivity index (χ2v) is 30.4. The lowest BCUT2D eigenvalue weighted by molar-refractivity contribution is -0.233. The van der Waals surface area contributed by atoms with Crippen LogP contribution in [0.1, 0.15) is 205 Å². The molecular weight excluding hydrogens is 983 g/mol. The first kappa shape index (κ1) is 56.4. The number of rotatable bonds is 11. The van der Waals surface area contributed by atoms with Gasteiger partial charge < -0.3 is 41.5 Å². The molecule has 8 N–H and O–H groups in total. The van der Waals surface area contributed by atoms with Gasteiger partial charge in [-0.05, 0) is 226 Å². The third-order valence-corrected chi connectivity index (χ3v) is 25.7. The van der Waals surface area contributed by atoms with Crippen molar-refractivity contribution in [2.75, 3.05) is 25.9 Å². The Morgan fingerprint density at radius 3 is 2.42 bits per heavy atom. The standard InChI is InChI=1S/C69H101N3O7/c1-39(2)20-21-43-30-44-16-11-14-41-22-23-49(60(76)63-68(7,79-63)51-19-13-18-48(51)42-15-12-17-46(70)31-42)58(57(41)44)59-52-24-25-56-66(5)33-50(45-28-40(36-71-8)29-47(74)32-45)62(77)65(4)27-10-9-26-64(3,78)38-72-54(61(65)66)34-69(56,53(43)37-73)67(52,6)35-55(59)75/h12,15,17,28-29,31-32,39,41,43-44,48-51,53-54,56-58,60-61,63,71-74,76,78H,9-11,13-14,16,18-27,30,33-38,70H2,1-8H3/t41-,43+,44+,48+,49+,50+,51-,53+,54+,56-,57-,58+,60-,61+,63-,64-,65-,66+,67+,68-,69-/m1/s1. The highest BCUT2D eigenvalue weighted by molar-refractivity contribution is 6.01. The number of phenolic OH excluding ortho intramolecular Hbond substituents is 1. The molecule has 21 atom stereocenters. The van der Waals surface area contributed by atoms with Crippen molar-refractivity contribution in [1.82, 2.24) is 10.6 Å². The largest absolute Gasteiger partial charge is 0.508 e. The SMILES string of the molecule is CNCc1cc(O)cc([C@@H]2C[C@@]3(C)[C@H]4CCC5=C6C(=O)C[C@]5(C)[C@]4(C[C@@H]4NC[C@](C)(O)CCCC[C@@](C)(C2=O)[C@H]43)[C@@H](CO)[C@@H](CCC(C)C)C[C@@H]2CCC[C@@H]3CC[C@H]([C@@H](O)[C@H]4O[C@]4(C)[C@@H]4CCC[C@H]4c4cccc(N)c4)[C@H]6[C@H]32)c1. The van der Waals surface area contributed by atoms with Gasteiger partial charge in [-0.1, -0.05) is 103 Å². The van der Waals surface area contributed by atoms with Crippen molar-refractivity contribution in [3.63, 3.8) is 0 Å². The van der Waals surface area contributed by atoms with Crippen LogP contribution >= 0.6 is 0 Å². The van der Waals surface area contributed by atoms with E-state index in [1.807, 2.05) is 32.2 Å². The highest BCUT2D eigenvalue weighted by atomic mass is 16.6. The maximum Gasteiger partial charge on any atom is 0.160 e. The smallest absolute Gasteiger partial charge is 0.160 e. The van der Waals surface area contributed by atoms with Crippen LogP contribution in [0.5, 0.6) is 5.75 Å². The molecule has 0 aromatic heterocycles. The van der Waals surface area contributed by atoms with Crippen LogP contribution in [0.25, 0.3) is 0 Å². The van der Waals surface area contributed by atoms with Crippen molar-refractivity contribution in [3.8, 4) is 5.75 Å². The average molecular weight is 1080 g/mol. The number of phenols is 1. The number of ketones is 2. The minimum absolute atomic E-state index is 0.0511. The number of nitrogens with two attached hydrogens (primary N) is 1. The number of allylic oxidation sites excluding steroid dienone is 2. The lowest BCUT2D eigenvalue weighted by atomic mass is 9.30. The predicted molar refractivity (Wildman–Crippen MR) is 312 cm³/mol. The monoisotopic (exact) mass is 1080 g/mol. The molecule has 10 nitrogen and oxygen atoms in total. The van der Waals surface area contributed by atoms with Crippen LogP contribution in [0, 0.1) is 86.8 Å². The average Bonchev–Trinajstić information content (AvgIpc) is 2.82. The third kappa shape index (κ3) is 8.94. The second-order valence-electron chi connectivity index (χ2n) is 30.4. The molecule has 434 valence electrons. The van der Waals surface area contributed by atoms with E-state index in [2.05, 4.69) is 76.4 Å². The number of β-amino-alcohol motifs (C(OH)–C–C–N with tert-alkyl or cyclic N) is 1. The molecule has 2 heterocycles. The number of hydrogen-bond acceptors (Lipinski definition) is 10. The molecule has 0 radical (unpaired) electrons. The Labute approximate surface area is 474 Å². The molecule has 10 aliphatic rings. The van der Waals surface area contributed by atoms with Crippen LogP contribution in [-0.2, 0) is 20.9 Å². The molecule has 8 aliphatic carbocycles. The molecule has 79 heavy (non-hydrogen) atoms. The normalized spacial score (nSPS) is 46.1. The van der Waals surface area contributed by atoms with E-state index in [0.717, 1.165) is 119 Å². The van der Waals surface area contributed by atoms with Gasteiger partial charge in [0.2, 0.25) is 0 Å². The number of carbonyl (C=O) groups excluding carboxylic acids is 2. The number of nitrogens with one attached hydrogen (secondary N) is 2. The van der Waals surface area contributed by atoms with Gasteiger partial charge in [0.1, 0.15) is 17.6 Å². The number of aliphatic hydroxyl groups excluding tert-OH is 2. The number of carbonyl (C=O) groups is 2. The summed E-state index contributed by atoms with van der Waals surface area (Å²) in [7, 11) is 1.92. The molecule has 2 aliphatic heterocycles. The summed E-state index contributed by atoms with van der Waals surface area (Å²) < 4.78 is 6.99. The van der Waals surface area contributed by atoms with Gasteiger partial charge in [0.25, 0.3) is 0 Å². The lowest BCUT2D eigenvalue weighted by Gasteiger charge is -2.74. The fourth-order valence-corrected chi connectivity index (χ4v) is 22.8. The minimum atomic E-state index is -0.936. The lowest BCUT2D eigenvalue weighted by Crippen LogP contribution is -2.73. The number of fused-ring (bicyclic) bond motifs is 2. The molecule has 6 saturated carbocycles. The van der Waals surface area contributed by atoms with Gasteiger partial charge in [-0.25, -0.2) is 0 Å². The molecule has 4 bridgehead atoms. The molecule has 1 spiro atoms. The Hall–Kier alpha value is -3.12. The van der Waals surface area contributed by atoms with Gasteiger partial charge in [-0.3, -0.25) is 9.59 Å². The number of aliphatic hydroxyl groups is 3. The Morgan fingerprint density at radius 1 is 0.886 bits per heavy atom. The van der Waals surface area contributed by atoms with Crippen molar-refractivity contribution in [3.05, 3.63) is 70.3 Å². The van der Waals surface area contributed by atoms with Gasteiger partial charge in [0.05, 0.1) is 17.3 Å². The van der Waals surface area contributed by atoms with Crippen LogP contribution in [0.4, 0.5) is 5.69 Å². The molecule has 0 amide bonds. The fourth-order valence-electron chi connectivity index (χ4n) is 22.8. The number of anilines is 1. The molecule has 10 heteroatoms. The zero-order valence-corrected chi connectivity index (χ0v) is 49.6. The third-order valence-electron chi connectivity index (χ3n) is 25.7. The van der Waals surface area contributed by atoms with Gasteiger partial charge in [-0.15, -0.1) is 0 Å². The number of hydrogen-bond donors (Lipinski definition) is 7. The summed E-state index contributed by atoms with van der Waals surface area (Å²) in [6, 6.07) is 14.1. The Balaban J connectivity index is 1.03. The Bertz CT molecular complexity index is 2680. The summed E-state index contributed by atoms with van der Waals surface area (Å²) in [6.07, 6.45) is 17.3. The molecule has 2 saturated heterocycles. The second kappa shape index (κ2) is 20.6. The highest BCUT2D eigenvalue weighted by Gasteiger charge is 2.76. The molecule has 2 aromatic rings. The minimum Gasteiger partial charge on any atom is -0.508 e. The van der Waals surface area contributed by atoms with Crippen molar-refractivity contribution in [2.24, 2.45) is 86.8 Å². The van der Waals surface area contributed by atoms with Crippen LogP contribution in [-0.4, -0.2) is 81.6 Å². The van der Waals surface area contributed by atoms with Crippen LogP contribution in [0.3, 0.4) is 0 Å². The maximum atomic E-state index is 16.3. The molecule has 0 unspecified atom stereocenters. The summed E-state index contributed by atoms with van der Waals surface area (Å²) in [5.74, 6) is 2.55. The maximum absolute atomic E-state index is 16.3. The topological polar surface area (TPSA) is 178 Å². The van der Waals surface area contributed by atoms with Gasteiger partial charge >= 0.3 is 0 Å². The van der Waals surface area contributed by atoms with Crippen molar-refractivity contribution >= 4 is 17.3 Å². The van der Waals surface area contributed by atoms with E-state index in [0.29, 0.717) is 56.0 Å². The van der Waals surface area contributed by atoms with Crippen LogP contribution in [0.2, 0.25) is 0 Å². The van der Waals surface area contributed by atoms with E-state index in [-0.39, 0.29) is 83.4 Å². The Kier molecular flexibility index (Phi) is 14.7. The number of aromatic hydroxyl groups is 1. The first-order valence-corrected chi connectivity index (χ1v) is 32.2. The first-order chi connectivity index (χ1) is 37.6. The number of epoxide rings is 1. The fraction of sp³-hybridized carbons (Fsp3) is 0.768. The molecule has 12 rings (SSSR count). The number of benzene rings is 2. The van der Waals surface area contributed by atoms with E-state index in [1.165, 1.54) is 24.0 Å². The summed E-state index contributed by atoms with van der Waals surface area (Å²) in [5.41, 5.74) is 9.07. The summed E-state index contributed by atoms with van der Waals surface area (Å²) in [4.78, 5) is 32.3. The quantitative estimate of drug-likeness (QED) is 0.0846. The molecule has 2 aromatic carbocycles. The molecule has 8 fully saturated rings. The van der Waals surface area contributed by atoms with E-state index < -0.39 is 44.9 Å². The van der Waals surface area contributed by atoms with Gasteiger partial charge in [0, 0.05) is 54.6 Å². The predicted octanol–water partition coefficient (Wildman–Crippen LogP) is 12.0. The summed E-state index contributed by atoms with van der Waals surface area (Å²) >= 11 is 0. The highest BCUT2D eigenvalue weighted by Crippen LogP contribution is 2.79. The van der Waals surface area contributed by atoms with Crippen molar-refractivity contribution in [2.45, 2.75) is 225 Å². The van der Waals surface area contributed by atoms with E-state index in [4.69, 9.17) is 10.5 Å². The van der Waals surface area contributed by atoms with Crippen LogP contribution in [0.15, 0.2) is 53.6 Å². The summed E-state index contributed by atoms with van der Waals surface area (Å²) in [6.45, 7) is 17.3. The Morgan fingerprint density at radius 2 is 1.66 bits per heavy atom.